The molecule has 1 aliphatic rings. The van der Waals surface area contributed by atoms with Crippen LogP contribution in [-0.2, 0) is 9.53 Å². The van der Waals surface area contributed by atoms with Gasteiger partial charge in [0.15, 0.2) is 0 Å². The number of benzene rings is 3. The van der Waals surface area contributed by atoms with E-state index in [4.69, 9.17) is 4.74 Å². The number of carbonyl (C=O) groups excluding carboxylic acids is 1. The van der Waals surface area contributed by atoms with Crippen molar-refractivity contribution in [3.8, 4) is 0 Å². The third-order valence-electron chi connectivity index (χ3n) is 4.67. The van der Waals surface area contributed by atoms with E-state index in [1.54, 1.807) is 12.1 Å². The predicted octanol–water partition coefficient (Wildman–Crippen LogP) is 4.55. The van der Waals surface area contributed by atoms with Gasteiger partial charge in [-0.05, 0) is 41.1 Å². The van der Waals surface area contributed by atoms with Gasteiger partial charge >= 0.3 is 0 Å². The molecule has 28 heavy (non-hydrogen) atoms. The Bertz CT molecular complexity index is 989. The van der Waals surface area contributed by atoms with E-state index in [2.05, 4.69) is 29.6 Å². The molecule has 4 nitrogen and oxygen atoms in total. The van der Waals surface area contributed by atoms with Gasteiger partial charge in [0.1, 0.15) is 5.82 Å². The summed E-state index contributed by atoms with van der Waals surface area (Å²) in [5.74, 6) is -0.218. The Morgan fingerprint density at radius 2 is 1.82 bits per heavy atom. The lowest BCUT2D eigenvalue weighted by Gasteiger charge is -2.29. The molecule has 1 aliphatic heterocycles. The van der Waals surface area contributed by atoms with Crippen LogP contribution in [0, 0.1) is 5.82 Å². The Labute approximate surface area is 167 Å². The molecular formula is C22H21FN2O2S. The van der Waals surface area contributed by atoms with Crippen LogP contribution in [0.2, 0.25) is 0 Å². The average Bonchev–Trinajstić information content (AvgIpc) is 2.73. The Morgan fingerprint density at radius 3 is 2.61 bits per heavy atom. The van der Waals surface area contributed by atoms with Gasteiger partial charge in [-0.1, -0.05) is 30.3 Å². The van der Waals surface area contributed by atoms with Crippen molar-refractivity contribution in [2.75, 3.05) is 42.3 Å². The Morgan fingerprint density at radius 1 is 1.04 bits per heavy atom. The third kappa shape index (κ3) is 4.46. The lowest BCUT2D eigenvalue weighted by molar-refractivity contribution is -0.113. The monoisotopic (exact) mass is 396 g/mol. The summed E-state index contributed by atoms with van der Waals surface area (Å²) in [6.45, 7) is 2.55. The first-order chi connectivity index (χ1) is 13.7. The fourth-order valence-corrected chi connectivity index (χ4v) is 3.99. The number of hydrogen-bond acceptors (Lipinski definition) is 4. The number of nitrogens with one attached hydrogen (secondary N) is 1. The standard InChI is InChI=1S/C22H21FN2O2S/c23-20-14-18(6-8-21(20)25-9-11-27-12-10-25)24-22(26)15-28-19-7-5-16-3-1-2-4-17(16)13-19/h1-8,13-14H,9-12,15H2,(H,24,26). The molecule has 0 radical (unpaired) electrons. The minimum Gasteiger partial charge on any atom is -0.378 e. The smallest absolute Gasteiger partial charge is 0.234 e. The number of anilines is 2. The quantitative estimate of drug-likeness (QED) is 0.643. The third-order valence-corrected chi connectivity index (χ3v) is 5.67. The topological polar surface area (TPSA) is 41.6 Å². The number of carbonyl (C=O) groups is 1. The number of halogens is 1. The van der Waals surface area contributed by atoms with Gasteiger partial charge in [-0.15, -0.1) is 11.8 Å². The number of thioether (sulfide) groups is 1. The largest absolute Gasteiger partial charge is 0.378 e. The number of hydrogen-bond donors (Lipinski definition) is 1. The Hall–Kier alpha value is -2.57. The fraction of sp³-hybridized carbons (Fsp3) is 0.227. The maximum atomic E-state index is 14.4. The summed E-state index contributed by atoms with van der Waals surface area (Å²) in [4.78, 5) is 15.3. The minimum absolute atomic E-state index is 0.156. The van der Waals surface area contributed by atoms with Crippen molar-refractivity contribution in [3.63, 3.8) is 0 Å². The number of rotatable bonds is 5. The first-order valence-electron chi connectivity index (χ1n) is 9.23. The molecule has 1 saturated heterocycles. The van der Waals surface area contributed by atoms with Crippen molar-refractivity contribution >= 4 is 39.8 Å². The van der Waals surface area contributed by atoms with Gasteiger partial charge < -0.3 is 15.0 Å². The number of ether oxygens (including phenoxy) is 1. The second-order valence-corrected chi connectivity index (χ2v) is 7.66. The first-order valence-corrected chi connectivity index (χ1v) is 10.2. The number of morpholine rings is 1. The molecule has 0 unspecified atom stereocenters. The lowest BCUT2D eigenvalue weighted by atomic mass is 10.1. The zero-order valence-corrected chi connectivity index (χ0v) is 16.2. The van der Waals surface area contributed by atoms with E-state index in [9.17, 15) is 9.18 Å². The van der Waals surface area contributed by atoms with E-state index < -0.39 is 0 Å². The van der Waals surface area contributed by atoms with Crippen molar-refractivity contribution in [2.24, 2.45) is 0 Å². The molecule has 0 aliphatic carbocycles. The van der Waals surface area contributed by atoms with Crippen molar-refractivity contribution in [1.82, 2.24) is 0 Å². The molecule has 4 rings (SSSR count). The zero-order chi connectivity index (χ0) is 19.3. The molecule has 0 spiro atoms. The van der Waals surface area contributed by atoms with Gasteiger partial charge in [0, 0.05) is 23.7 Å². The highest BCUT2D eigenvalue weighted by Gasteiger charge is 2.15. The maximum Gasteiger partial charge on any atom is 0.234 e. The minimum atomic E-state index is -0.332. The van der Waals surface area contributed by atoms with Gasteiger partial charge in [-0.25, -0.2) is 4.39 Å². The van der Waals surface area contributed by atoms with Gasteiger partial charge in [0.25, 0.3) is 0 Å². The van der Waals surface area contributed by atoms with Crippen LogP contribution in [0.1, 0.15) is 0 Å². The molecule has 1 heterocycles. The van der Waals surface area contributed by atoms with Gasteiger partial charge in [-0.3, -0.25) is 4.79 Å². The second-order valence-electron chi connectivity index (χ2n) is 6.61. The molecule has 0 saturated carbocycles. The fourth-order valence-electron chi connectivity index (χ4n) is 3.25. The van der Waals surface area contributed by atoms with Crippen molar-refractivity contribution < 1.29 is 13.9 Å². The van der Waals surface area contributed by atoms with Crippen LogP contribution in [0.5, 0.6) is 0 Å². The van der Waals surface area contributed by atoms with Crippen LogP contribution < -0.4 is 10.2 Å². The van der Waals surface area contributed by atoms with E-state index in [1.165, 1.54) is 23.2 Å². The van der Waals surface area contributed by atoms with E-state index in [-0.39, 0.29) is 17.5 Å². The molecule has 1 fully saturated rings. The van der Waals surface area contributed by atoms with E-state index in [0.717, 1.165) is 10.3 Å². The highest BCUT2D eigenvalue weighted by atomic mass is 32.2. The van der Waals surface area contributed by atoms with Crippen molar-refractivity contribution in [1.29, 1.82) is 0 Å². The molecule has 0 aromatic heterocycles. The lowest BCUT2D eigenvalue weighted by Crippen LogP contribution is -2.36. The molecule has 1 amide bonds. The van der Waals surface area contributed by atoms with Crippen LogP contribution >= 0.6 is 11.8 Å². The van der Waals surface area contributed by atoms with Gasteiger partial charge in [-0.2, -0.15) is 0 Å². The van der Waals surface area contributed by atoms with Crippen LogP contribution in [0.25, 0.3) is 10.8 Å². The van der Waals surface area contributed by atoms with E-state index >= 15 is 0 Å². The molecule has 0 bridgehead atoms. The molecule has 3 aromatic rings. The molecule has 6 heteroatoms. The van der Waals surface area contributed by atoms with Gasteiger partial charge in [0.2, 0.25) is 5.91 Å². The van der Waals surface area contributed by atoms with E-state index in [1.807, 2.05) is 23.1 Å². The summed E-state index contributed by atoms with van der Waals surface area (Å²) >= 11 is 1.46. The first kappa shape index (κ1) is 18.8. The number of amides is 1. The number of nitrogens with zero attached hydrogens (tertiary/aromatic N) is 1. The normalized spacial score (nSPS) is 14.2. The Balaban J connectivity index is 1.35. The number of fused-ring (bicyclic) bond motifs is 1. The van der Waals surface area contributed by atoms with Crippen molar-refractivity contribution in [2.45, 2.75) is 4.90 Å². The van der Waals surface area contributed by atoms with Crippen LogP contribution in [0.4, 0.5) is 15.8 Å². The summed E-state index contributed by atoms with van der Waals surface area (Å²) in [7, 11) is 0. The van der Waals surface area contributed by atoms with Crippen LogP contribution in [0.15, 0.2) is 65.6 Å². The molecule has 3 aromatic carbocycles. The van der Waals surface area contributed by atoms with E-state index in [0.29, 0.717) is 37.7 Å². The summed E-state index contributed by atoms with van der Waals surface area (Å²) < 4.78 is 19.7. The second kappa shape index (κ2) is 8.63. The Kier molecular flexibility index (Phi) is 5.78. The molecule has 144 valence electrons. The summed E-state index contributed by atoms with van der Waals surface area (Å²) in [6, 6.07) is 19.1. The van der Waals surface area contributed by atoms with Gasteiger partial charge in [0.05, 0.1) is 24.7 Å². The van der Waals surface area contributed by atoms with Crippen LogP contribution in [-0.4, -0.2) is 38.0 Å². The van der Waals surface area contributed by atoms with Crippen molar-refractivity contribution in [3.05, 3.63) is 66.5 Å². The zero-order valence-electron chi connectivity index (χ0n) is 15.4. The van der Waals surface area contributed by atoms with Crippen LogP contribution in [0.3, 0.4) is 0 Å². The molecule has 0 atom stereocenters. The predicted molar refractivity (Wildman–Crippen MR) is 113 cm³/mol. The average molecular weight is 396 g/mol. The SMILES string of the molecule is O=C(CSc1ccc2ccccc2c1)Nc1ccc(N2CCOCC2)c(F)c1. The summed E-state index contributed by atoms with van der Waals surface area (Å²) in [5.41, 5.74) is 1.02. The molecular weight excluding hydrogens is 375 g/mol. The maximum absolute atomic E-state index is 14.4. The summed E-state index contributed by atoms with van der Waals surface area (Å²) in [6.07, 6.45) is 0. The highest BCUT2D eigenvalue weighted by molar-refractivity contribution is 8.00. The summed E-state index contributed by atoms with van der Waals surface area (Å²) in [5, 5.41) is 5.10. The molecule has 1 N–H and O–H groups in total. The highest BCUT2D eigenvalue weighted by Crippen LogP contribution is 2.25.